The first-order chi connectivity index (χ1) is 9.72. The second-order valence-corrected chi connectivity index (χ2v) is 5.79. The molecule has 0 aromatic carbocycles. The molecule has 1 aliphatic rings. The second-order valence-electron chi connectivity index (χ2n) is 4.73. The zero-order valence-corrected chi connectivity index (χ0v) is 12.9. The van der Waals surface area contributed by atoms with Crippen LogP contribution < -0.4 is 5.32 Å². The average Bonchev–Trinajstić information content (AvgIpc) is 3.05. The van der Waals surface area contributed by atoms with Gasteiger partial charge < -0.3 is 14.2 Å². The zero-order chi connectivity index (χ0) is 13.9. The molecule has 1 aliphatic carbocycles. The molecule has 0 radical (unpaired) electrons. The molecule has 0 fully saturated rings. The number of aryl methyl sites for hydroxylation is 1. The fraction of sp³-hybridized carbons (Fsp3) is 0.267. The summed E-state index contributed by atoms with van der Waals surface area (Å²) < 4.78 is 11.6. The van der Waals surface area contributed by atoms with E-state index in [0.29, 0.717) is 5.76 Å². The molecule has 2 aromatic heterocycles. The highest BCUT2D eigenvalue weighted by atomic mass is 127. The summed E-state index contributed by atoms with van der Waals surface area (Å²) >= 11 is 2.09. The van der Waals surface area contributed by atoms with Gasteiger partial charge in [0.05, 0.1) is 12.3 Å². The fourth-order valence-electron chi connectivity index (χ4n) is 2.43. The van der Waals surface area contributed by atoms with Gasteiger partial charge in [-0.3, -0.25) is 4.79 Å². The van der Waals surface area contributed by atoms with Gasteiger partial charge in [-0.05, 0) is 59.7 Å². The predicted octanol–water partition coefficient (Wildman–Crippen LogP) is 3.68. The van der Waals surface area contributed by atoms with Crippen molar-refractivity contribution >= 4 is 34.6 Å². The Balaban J connectivity index is 1.64. The van der Waals surface area contributed by atoms with Crippen molar-refractivity contribution in [3.8, 4) is 0 Å². The van der Waals surface area contributed by atoms with Crippen LogP contribution >= 0.6 is 22.6 Å². The maximum atomic E-state index is 12.0. The zero-order valence-electron chi connectivity index (χ0n) is 10.8. The van der Waals surface area contributed by atoms with Gasteiger partial charge in [-0.2, -0.15) is 0 Å². The molecule has 2 aromatic rings. The van der Waals surface area contributed by atoms with E-state index in [4.69, 9.17) is 8.83 Å². The Labute approximate surface area is 130 Å². The first kappa shape index (κ1) is 13.5. The van der Waals surface area contributed by atoms with Crippen LogP contribution in [0.25, 0.3) is 6.08 Å². The normalized spacial score (nSPS) is 18.1. The summed E-state index contributed by atoms with van der Waals surface area (Å²) in [7, 11) is 0. The standard InChI is InChI=1S/C15H14INO3/c16-14-6-4-10(20-14)5-7-15(18)17-12-2-1-3-13-11(12)8-9-19-13/h4-9,12H,1-3H2,(H,17,18). The molecule has 0 saturated heterocycles. The fourth-order valence-corrected chi connectivity index (χ4v) is 2.87. The molecule has 0 saturated carbocycles. The summed E-state index contributed by atoms with van der Waals surface area (Å²) in [4.78, 5) is 12.0. The number of hydrogen-bond acceptors (Lipinski definition) is 3. The molecule has 1 N–H and O–H groups in total. The number of amides is 1. The van der Waals surface area contributed by atoms with Crippen LogP contribution in [-0.4, -0.2) is 5.91 Å². The smallest absolute Gasteiger partial charge is 0.244 e. The first-order valence-corrected chi connectivity index (χ1v) is 7.60. The molecule has 1 atom stereocenters. The molecule has 20 heavy (non-hydrogen) atoms. The quantitative estimate of drug-likeness (QED) is 0.650. The second kappa shape index (κ2) is 5.87. The molecular formula is C15H14INO3. The number of rotatable bonds is 3. The SMILES string of the molecule is O=C(C=Cc1ccc(I)o1)NC1CCCc2occc21. The summed E-state index contributed by atoms with van der Waals surface area (Å²) in [6.07, 6.45) is 7.81. The van der Waals surface area contributed by atoms with E-state index < -0.39 is 0 Å². The van der Waals surface area contributed by atoms with Crippen LogP contribution in [0.5, 0.6) is 0 Å². The van der Waals surface area contributed by atoms with E-state index in [1.54, 1.807) is 12.3 Å². The lowest BCUT2D eigenvalue weighted by molar-refractivity contribution is -0.117. The Hall–Kier alpha value is -1.50. The van der Waals surface area contributed by atoms with Crippen LogP contribution in [0.15, 0.2) is 39.4 Å². The van der Waals surface area contributed by atoms with Crippen LogP contribution in [0, 0.1) is 3.77 Å². The third-order valence-corrected chi connectivity index (χ3v) is 3.94. The number of hydrogen-bond donors (Lipinski definition) is 1. The van der Waals surface area contributed by atoms with Crippen LogP contribution in [-0.2, 0) is 11.2 Å². The number of furan rings is 2. The summed E-state index contributed by atoms with van der Waals surface area (Å²) in [6.45, 7) is 0. The van der Waals surface area contributed by atoms with Gasteiger partial charge in [0.2, 0.25) is 5.91 Å². The van der Waals surface area contributed by atoms with Gasteiger partial charge in [0.25, 0.3) is 0 Å². The Kier molecular flexibility index (Phi) is 3.95. The molecular weight excluding hydrogens is 369 g/mol. The van der Waals surface area contributed by atoms with Gasteiger partial charge >= 0.3 is 0 Å². The van der Waals surface area contributed by atoms with Gasteiger partial charge in [0, 0.05) is 18.1 Å². The highest BCUT2D eigenvalue weighted by Crippen LogP contribution is 2.30. The summed E-state index contributed by atoms with van der Waals surface area (Å²) in [6, 6.07) is 5.68. The maximum absolute atomic E-state index is 12.0. The van der Waals surface area contributed by atoms with Gasteiger partial charge in [0.15, 0.2) is 3.77 Å². The van der Waals surface area contributed by atoms with Crippen LogP contribution in [0.3, 0.4) is 0 Å². The van der Waals surface area contributed by atoms with E-state index in [1.807, 2.05) is 18.2 Å². The summed E-state index contributed by atoms with van der Waals surface area (Å²) in [5.41, 5.74) is 1.10. The lowest BCUT2D eigenvalue weighted by Gasteiger charge is -2.21. The maximum Gasteiger partial charge on any atom is 0.244 e. The Morgan fingerprint density at radius 3 is 3.10 bits per heavy atom. The van der Waals surface area contributed by atoms with Crippen LogP contribution in [0.4, 0.5) is 0 Å². The average molecular weight is 383 g/mol. The van der Waals surface area contributed by atoms with E-state index >= 15 is 0 Å². The van der Waals surface area contributed by atoms with E-state index in [1.165, 1.54) is 6.08 Å². The molecule has 0 spiro atoms. The number of carbonyl (C=O) groups excluding carboxylic acids is 1. The lowest BCUT2D eigenvalue weighted by atomic mass is 9.93. The third-order valence-electron chi connectivity index (χ3n) is 3.36. The minimum absolute atomic E-state index is 0.0476. The molecule has 3 rings (SSSR count). The van der Waals surface area contributed by atoms with Crippen LogP contribution in [0.2, 0.25) is 0 Å². The Morgan fingerprint density at radius 1 is 1.40 bits per heavy atom. The number of carbonyl (C=O) groups is 1. The van der Waals surface area contributed by atoms with E-state index in [0.717, 1.165) is 34.4 Å². The monoisotopic (exact) mass is 383 g/mol. The Bertz CT molecular complexity index is 641. The van der Waals surface area contributed by atoms with Crippen LogP contribution in [0.1, 0.15) is 36.0 Å². The molecule has 1 unspecified atom stereocenters. The highest BCUT2D eigenvalue weighted by Gasteiger charge is 2.23. The van der Waals surface area contributed by atoms with Crippen molar-refractivity contribution in [3.63, 3.8) is 0 Å². The van der Waals surface area contributed by atoms with Crippen molar-refractivity contribution < 1.29 is 13.6 Å². The summed E-state index contributed by atoms with van der Waals surface area (Å²) in [5.74, 6) is 1.55. The van der Waals surface area contributed by atoms with Crippen molar-refractivity contribution in [3.05, 3.63) is 51.4 Å². The van der Waals surface area contributed by atoms with Gasteiger partial charge in [-0.1, -0.05) is 0 Å². The third kappa shape index (κ3) is 2.98. The van der Waals surface area contributed by atoms with E-state index in [-0.39, 0.29) is 11.9 Å². The molecule has 0 bridgehead atoms. The first-order valence-electron chi connectivity index (χ1n) is 6.52. The van der Waals surface area contributed by atoms with Gasteiger partial charge in [0.1, 0.15) is 11.5 Å². The topological polar surface area (TPSA) is 55.4 Å². The molecule has 4 nitrogen and oxygen atoms in total. The number of halogens is 1. The molecule has 5 heteroatoms. The van der Waals surface area contributed by atoms with Gasteiger partial charge in [-0.25, -0.2) is 0 Å². The van der Waals surface area contributed by atoms with Crippen molar-refractivity contribution in [2.24, 2.45) is 0 Å². The number of fused-ring (bicyclic) bond motifs is 1. The Morgan fingerprint density at radius 2 is 2.30 bits per heavy atom. The largest absolute Gasteiger partial charge is 0.469 e. The molecule has 2 heterocycles. The molecule has 1 amide bonds. The predicted molar refractivity (Wildman–Crippen MR) is 83.0 cm³/mol. The van der Waals surface area contributed by atoms with Crippen molar-refractivity contribution in [2.45, 2.75) is 25.3 Å². The highest BCUT2D eigenvalue weighted by molar-refractivity contribution is 14.1. The van der Waals surface area contributed by atoms with Crippen molar-refractivity contribution in [1.82, 2.24) is 5.32 Å². The number of nitrogens with one attached hydrogen (secondary N) is 1. The van der Waals surface area contributed by atoms with Crippen molar-refractivity contribution in [1.29, 1.82) is 0 Å². The van der Waals surface area contributed by atoms with E-state index in [2.05, 4.69) is 27.9 Å². The molecule has 104 valence electrons. The molecule has 0 aliphatic heterocycles. The lowest BCUT2D eigenvalue weighted by Crippen LogP contribution is -2.28. The minimum Gasteiger partial charge on any atom is -0.469 e. The van der Waals surface area contributed by atoms with Gasteiger partial charge in [-0.15, -0.1) is 0 Å². The minimum atomic E-state index is -0.115. The van der Waals surface area contributed by atoms with Crippen molar-refractivity contribution in [2.75, 3.05) is 0 Å². The van der Waals surface area contributed by atoms with E-state index in [9.17, 15) is 4.79 Å². The summed E-state index contributed by atoms with van der Waals surface area (Å²) in [5, 5.41) is 3.01.